The molecule has 1 aromatic carbocycles. The summed E-state index contributed by atoms with van der Waals surface area (Å²) in [6.07, 6.45) is 4.57. The number of rotatable bonds is 2. The van der Waals surface area contributed by atoms with Crippen LogP contribution in [-0.2, 0) is 0 Å². The zero-order valence-electron chi connectivity index (χ0n) is 10.3. The van der Waals surface area contributed by atoms with E-state index in [0.717, 1.165) is 42.3 Å². The number of alkyl halides is 1. The summed E-state index contributed by atoms with van der Waals surface area (Å²) < 4.78 is 14.7. The number of halogens is 1. The minimum atomic E-state index is -0.920. The van der Waals surface area contributed by atoms with E-state index in [1.165, 1.54) is 0 Å². The van der Waals surface area contributed by atoms with Gasteiger partial charge < -0.3 is 5.32 Å². The summed E-state index contributed by atoms with van der Waals surface area (Å²) in [5, 5.41) is 5.28. The molecule has 0 bridgehead atoms. The van der Waals surface area contributed by atoms with Crippen molar-refractivity contribution in [2.75, 3.05) is 13.1 Å². The lowest BCUT2D eigenvalue weighted by Crippen LogP contribution is -2.32. The van der Waals surface area contributed by atoms with Crippen LogP contribution in [0.1, 0.15) is 24.6 Å². The molecule has 2 heterocycles. The first-order chi connectivity index (χ1) is 8.86. The molecule has 2 atom stereocenters. The van der Waals surface area contributed by atoms with Crippen molar-refractivity contribution >= 4 is 10.8 Å². The normalized spacial score (nSPS) is 21.9. The van der Waals surface area contributed by atoms with Gasteiger partial charge in [0.1, 0.15) is 6.17 Å². The zero-order chi connectivity index (χ0) is 12.4. The molecule has 0 radical (unpaired) electrons. The van der Waals surface area contributed by atoms with E-state index in [9.17, 15) is 4.39 Å². The molecule has 0 amide bonds. The van der Waals surface area contributed by atoms with Crippen molar-refractivity contribution in [2.24, 2.45) is 5.92 Å². The largest absolute Gasteiger partial charge is 0.316 e. The maximum absolute atomic E-state index is 14.7. The van der Waals surface area contributed by atoms with Crippen molar-refractivity contribution in [1.29, 1.82) is 0 Å². The molecule has 0 saturated carbocycles. The van der Waals surface area contributed by atoms with Gasteiger partial charge in [-0.2, -0.15) is 0 Å². The number of piperidine rings is 1. The maximum Gasteiger partial charge on any atom is 0.131 e. The van der Waals surface area contributed by atoms with Crippen molar-refractivity contribution < 1.29 is 4.39 Å². The van der Waals surface area contributed by atoms with Gasteiger partial charge in [-0.15, -0.1) is 0 Å². The van der Waals surface area contributed by atoms with Crippen LogP contribution in [0.3, 0.4) is 0 Å². The minimum Gasteiger partial charge on any atom is -0.316 e. The van der Waals surface area contributed by atoms with Gasteiger partial charge in [0.15, 0.2) is 0 Å². The molecule has 1 N–H and O–H groups in total. The van der Waals surface area contributed by atoms with Crippen LogP contribution < -0.4 is 5.32 Å². The highest BCUT2D eigenvalue weighted by Gasteiger charge is 2.26. The van der Waals surface area contributed by atoms with E-state index in [0.29, 0.717) is 0 Å². The van der Waals surface area contributed by atoms with Crippen molar-refractivity contribution in [3.63, 3.8) is 0 Å². The monoisotopic (exact) mass is 244 g/mol. The summed E-state index contributed by atoms with van der Waals surface area (Å²) in [4.78, 5) is 4.17. The highest BCUT2D eigenvalue weighted by molar-refractivity contribution is 5.84. The van der Waals surface area contributed by atoms with E-state index in [2.05, 4.69) is 10.3 Å². The van der Waals surface area contributed by atoms with Gasteiger partial charge in [0.2, 0.25) is 0 Å². The predicted molar refractivity (Wildman–Crippen MR) is 71.2 cm³/mol. The highest BCUT2D eigenvalue weighted by atomic mass is 19.1. The van der Waals surface area contributed by atoms with Crippen LogP contribution >= 0.6 is 0 Å². The van der Waals surface area contributed by atoms with Crippen molar-refractivity contribution in [1.82, 2.24) is 10.3 Å². The van der Waals surface area contributed by atoms with Crippen LogP contribution in [-0.4, -0.2) is 18.1 Å². The first-order valence-corrected chi connectivity index (χ1v) is 6.53. The smallest absolute Gasteiger partial charge is 0.131 e. The number of benzene rings is 1. The Balaban J connectivity index is 1.97. The zero-order valence-corrected chi connectivity index (χ0v) is 10.3. The molecule has 1 aliphatic rings. The summed E-state index contributed by atoms with van der Waals surface area (Å²) in [6, 6.07) is 7.88. The van der Waals surface area contributed by atoms with E-state index >= 15 is 0 Å². The molecule has 18 heavy (non-hydrogen) atoms. The van der Waals surface area contributed by atoms with Crippen molar-refractivity contribution in [3.8, 4) is 0 Å². The second kappa shape index (κ2) is 5.02. The van der Waals surface area contributed by atoms with Gasteiger partial charge >= 0.3 is 0 Å². The highest BCUT2D eigenvalue weighted by Crippen LogP contribution is 2.34. The Labute approximate surface area is 106 Å². The number of nitrogens with zero attached hydrogens (tertiary/aromatic N) is 1. The number of aromatic nitrogens is 1. The first-order valence-electron chi connectivity index (χ1n) is 6.53. The quantitative estimate of drug-likeness (QED) is 0.877. The second-order valence-electron chi connectivity index (χ2n) is 4.96. The molecular formula is C15H17FN2. The van der Waals surface area contributed by atoms with Gasteiger partial charge in [-0.05, 0) is 24.8 Å². The summed E-state index contributed by atoms with van der Waals surface area (Å²) in [5.74, 6) is 0.0753. The van der Waals surface area contributed by atoms with E-state index in [-0.39, 0.29) is 5.92 Å². The SMILES string of the molecule is FC(c1cncc2ccccc12)C1CCCNC1. The van der Waals surface area contributed by atoms with Gasteiger partial charge in [-0.25, -0.2) is 4.39 Å². The molecule has 2 aromatic rings. The van der Waals surface area contributed by atoms with Crippen LogP contribution in [0.5, 0.6) is 0 Å². The lowest BCUT2D eigenvalue weighted by molar-refractivity contribution is 0.195. The number of hydrogen-bond acceptors (Lipinski definition) is 2. The molecule has 1 saturated heterocycles. The van der Waals surface area contributed by atoms with Crippen molar-refractivity contribution in [3.05, 3.63) is 42.2 Å². The molecule has 3 heteroatoms. The molecule has 0 spiro atoms. The van der Waals surface area contributed by atoms with E-state index < -0.39 is 6.17 Å². The predicted octanol–water partition coefficient (Wildman–Crippen LogP) is 3.25. The molecule has 0 aliphatic carbocycles. The molecule has 3 rings (SSSR count). The molecule has 1 aromatic heterocycles. The lowest BCUT2D eigenvalue weighted by Gasteiger charge is -2.26. The maximum atomic E-state index is 14.7. The van der Waals surface area contributed by atoms with E-state index in [1.54, 1.807) is 12.4 Å². The van der Waals surface area contributed by atoms with E-state index in [4.69, 9.17) is 0 Å². The van der Waals surface area contributed by atoms with E-state index in [1.807, 2.05) is 24.3 Å². The Morgan fingerprint density at radius 1 is 1.28 bits per heavy atom. The van der Waals surface area contributed by atoms with Gasteiger partial charge in [0, 0.05) is 35.8 Å². The molecule has 94 valence electrons. The first kappa shape index (κ1) is 11.6. The summed E-state index contributed by atoms with van der Waals surface area (Å²) in [5.41, 5.74) is 0.738. The summed E-state index contributed by atoms with van der Waals surface area (Å²) >= 11 is 0. The molecule has 1 fully saturated rings. The summed E-state index contributed by atoms with van der Waals surface area (Å²) in [6.45, 7) is 1.78. The second-order valence-corrected chi connectivity index (χ2v) is 4.96. The van der Waals surface area contributed by atoms with Crippen LogP contribution in [0.25, 0.3) is 10.8 Å². The Kier molecular flexibility index (Phi) is 3.24. The summed E-state index contributed by atoms with van der Waals surface area (Å²) in [7, 11) is 0. The fraction of sp³-hybridized carbons (Fsp3) is 0.400. The molecule has 1 aliphatic heterocycles. The molecule has 2 nitrogen and oxygen atoms in total. The average Bonchev–Trinajstić information content (AvgIpc) is 2.47. The van der Waals surface area contributed by atoms with Crippen LogP contribution in [0, 0.1) is 5.92 Å². The van der Waals surface area contributed by atoms with Gasteiger partial charge in [0.25, 0.3) is 0 Å². The van der Waals surface area contributed by atoms with Crippen LogP contribution in [0.15, 0.2) is 36.7 Å². The third kappa shape index (κ3) is 2.10. The van der Waals surface area contributed by atoms with Gasteiger partial charge in [-0.1, -0.05) is 24.3 Å². The lowest BCUT2D eigenvalue weighted by atomic mass is 9.89. The number of fused-ring (bicyclic) bond motifs is 1. The van der Waals surface area contributed by atoms with Crippen molar-refractivity contribution in [2.45, 2.75) is 19.0 Å². The standard InChI is InChI=1S/C15H17FN2/c16-15(12-5-3-7-17-9-12)14-10-18-8-11-4-1-2-6-13(11)14/h1-2,4,6,8,10,12,15,17H,3,5,7,9H2. The fourth-order valence-electron chi connectivity index (χ4n) is 2.74. The van der Waals surface area contributed by atoms with Gasteiger partial charge in [-0.3, -0.25) is 4.98 Å². The minimum absolute atomic E-state index is 0.0753. The Bertz CT molecular complexity index is 530. The molecule has 2 unspecified atom stereocenters. The Hall–Kier alpha value is -1.48. The Morgan fingerprint density at radius 3 is 3.00 bits per heavy atom. The topological polar surface area (TPSA) is 24.9 Å². The fourth-order valence-corrected chi connectivity index (χ4v) is 2.74. The third-order valence-electron chi connectivity index (χ3n) is 3.75. The molecular weight excluding hydrogens is 227 g/mol. The van der Waals surface area contributed by atoms with Crippen LogP contribution in [0.2, 0.25) is 0 Å². The number of nitrogens with one attached hydrogen (secondary N) is 1. The van der Waals surface area contributed by atoms with Gasteiger partial charge in [0.05, 0.1) is 0 Å². The number of hydrogen-bond donors (Lipinski definition) is 1. The third-order valence-corrected chi connectivity index (χ3v) is 3.75. The average molecular weight is 244 g/mol. The Morgan fingerprint density at radius 2 is 2.17 bits per heavy atom. The van der Waals surface area contributed by atoms with Crippen LogP contribution in [0.4, 0.5) is 4.39 Å². The number of pyridine rings is 1.